The van der Waals surface area contributed by atoms with E-state index in [1.165, 1.54) is 6.07 Å². The highest BCUT2D eigenvalue weighted by atomic mass is 19.1. The summed E-state index contributed by atoms with van der Waals surface area (Å²) in [6, 6.07) is 2.96. The van der Waals surface area contributed by atoms with Crippen LogP contribution >= 0.6 is 0 Å². The Hall–Kier alpha value is -2.01. The molecular weight excluding hydrogens is 494 g/mol. The van der Waals surface area contributed by atoms with Gasteiger partial charge in [-0.2, -0.15) is 0 Å². The zero-order valence-electron chi connectivity index (χ0n) is 22.5. The molecule has 10 heteroatoms. The Kier molecular flexibility index (Phi) is 6.94. The van der Waals surface area contributed by atoms with E-state index in [9.17, 15) is 29.2 Å². The molecule has 8 nitrogen and oxygen atoms in total. The lowest BCUT2D eigenvalue weighted by Gasteiger charge is -2.62. The maximum absolute atomic E-state index is 14.9. The van der Waals surface area contributed by atoms with Gasteiger partial charge in [-0.05, 0) is 54.6 Å². The third-order valence-electron chi connectivity index (χ3n) is 10.8. The van der Waals surface area contributed by atoms with Crippen molar-refractivity contribution in [3.05, 3.63) is 23.5 Å². The molecule has 0 radical (unpaired) electrons. The first-order chi connectivity index (χ1) is 17.9. The summed E-state index contributed by atoms with van der Waals surface area (Å²) in [5, 5.41) is 31.8. The maximum Gasteiger partial charge on any atom is 0.494 e. The van der Waals surface area contributed by atoms with Gasteiger partial charge >= 0.3 is 13.1 Å². The molecule has 1 aromatic carbocycles. The minimum Gasteiger partial charge on any atom is -0.479 e. The number of carbonyl (C=O) groups excluding carboxylic acids is 2. The molecule has 1 aliphatic heterocycles. The number of carbonyl (C=O) groups is 2. The van der Waals surface area contributed by atoms with Gasteiger partial charge < -0.3 is 29.4 Å². The van der Waals surface area contributed by atoms with E-state index in [0.717, 1.165) is 12.8 Å². The van der Waals surface area contributed by atoms with Gasteiger partial charge in [0.2, 0.25) is 0 Å². The normalized spacial score (nSPS) is 40.3. The summed E-state index contributed by atoms with van der Waals surface area (Å²) < 4.78 is 31.5. The van der Waals surface area contributed by atoms with Crippen LogP contribution in [0.25, 0.3) is 0 Å². The van der Waals surface area contributed by atoms with Crippen molar-refractivity contribution in [2.24, 2.45) is 34.0 Å². The van der Waals surface area contributed by atoms with E-state index in [1.54, 1.807) is 13.0 Å². The average Bonchev–Trinajstić information content (AvgIpc) is 3.45. The zero-order valence-corrected chi connectivity index (χ0v) is 22.5. The maximum atomic E-state index is 14.9. The zero-order chi connectivity index (χ0) is 27.6. The van der Waals surface area contributed by atoms with Crippen LogP contribution in [0.2, 0.25) is 0 Å². The Morgan fingerprint density at radius 2 is 2.00 bits per heavy atom. The van der Waals surface area contributed by atoms with E-state index in [2.05, 4.69) is 6.92 Å². The number of esters is 1. The highest BCUT2D eigenvalue weighted by Crippen LogP contribution is 2.67. The Balaban J connectivity index is 1.44. The monoisotopic (exact) mass is 532 g/mol. The van der Waals surface area contributed by atoms with Gasteiger partial charge in [0.15, 0.2) is 18.2 Å². The molecule has 0 amide bonds. The van der Waals surface area contributed by atoms with E-state index in [0.29, 0.717) is 18.4 Å². The predicted octanol–water partition coefficient (Wildman–Crippen LogP) is 2.13. The van der Waals surface area contributed by atoms with Gasteiger partial charge in [-0.3, -0.25) is 4.79 Å². The Morgan fingerprint density at radius 1 is 1.26 bits per heavy atom. The topological polar surface area (TPSA) is 123 Å². The lowest BCUT2D eigenvalue weighted by Crippen LogP contribution is -2.63. The van der Waals surface area contributed by atoms with Gasteiger partial charge in [-0.1, -0.05) is 33.8 Å². The summed E-state index contributed by atoms with van der Waals surface area (Å²) in [6.45, 7) is 7.11. The van der Waals surface area contributed by atoms with Gasteiger partial charge in [-0.25, -0.2) is 9.18 Å². The quantitative estimate of drug-likeness (QED) is 0.390. The second-order valence-corrected chi connectivity index (χ2v) is 12.6. The third kappa shape index (κ3) is 3.93. The van der Waals surface area contributed by atoms with Crippen molar-refractivity contribution < 1.29 is 43.3 Å². The molecule has 1 heterocycles. The number of benzene rings is 1. The van der Waals surface area contributed by atoms with Gasteiger partial charge in [-0.15, -0.1) is 0 Å². The lowest BCUT2D eigenvalue weighted by molar-refractivity contribution is -0.216. The van der Waals surface area contributed by atoms with Crippen LogP contribution in [-0.2, 0) is 25.6 Å². The van der Waals surface area contributed by atoms with Crippen LogP contribution in [0.3, 0.4) is 0 Å². The van der Waals surface area contributed by atoms with E-state index in [1.807, 2.05) is 13.8 Å². The second kappa shape index (κ2) is 9.57. The van der Waals surface area contributed by atoms with Crippen LogP contribution in [0.1, 0.15) is 65.4 Å². The fourth-order valence-electron chi connectivity index (χ4n) is 8.21. The Morgan fingerprint density at radius 3 is 2.71 bits per heavy atom. The van der Waals surface area contributed by atoms with Crippen LogP contribution in [0, 0.1) is 39.8 Å². The van der Waals surface area contributed by atoms with Crippen molar-refractivity contribution in [3.8, 4) is 5.75 Å². The molecule has 4 aliphatic rings. The van der Waals surface area contributed by atoms with Crippen molar-refractivity contribution in [1.29, 1.82) is 0 Å². The fourth-order valence-corrected chi connectivity index (χ4v) is 8.21. The summed E-state index contributed by atoms with van der Waals surface area (Å²) in [7, 11) is -1.39. The van der Waals surface area contributed by atoms with Crippen molar-refractivity contribution >= 4 is 24.3 Å². The summed E-state index contributed by atoms with van der Waals surface area (Å²) in [5.41, 5.74) is -1.56. The molecule has 208 valence electrons. The molecule has 0 spiro atoms. The molecular formula is C28H38BFO8. The third-order valence-corrected chi connectivity index (χ3v) is 10.8. The lowest BCUT2D eigenvalue weighted by atomic mass is 9.44. The van der Waals surface area contributed by atoms with Gasteiger partial charge in [0.1, 0.15) is 11.9 Å². The SMILES string of the molecule is C[C@@H]1CC[C@@]23CCC(=O)[C@H]2[C@]1(C)[C@H](OC(=O)COc1ccc2c(c1F)B(O)OC2)C[C@@](C)(CO)[C@@H](O)[C@@H]3C. The molecule has 0 unspecified atom stereocenters. The molecule has 3 fully saturated rings. The number of aliphatic hydroxyl groups is 2. The average molecular weight is 532 g/mol. The first kappa shape index (κ1) is 27.6. The molecule has 8 atom stereocenters. The molecule has 2 bridgehead atoms. The van der Waals surface area contributed by atoms with Crippen molar-refractivity contribution in [2.45, 2.75) is 78.6 Å². The summed E-state index contributed by atoms with van der Waals surface area (Å²) in [4.78, 5) is 26.6. The largest absolute Gasteiger partial charge is 0.494 e. The first-order valence-corrected chi connectivity index (χ1v) is 13.6. The standard InChI is InChI=1S/C28H38BFO8/c1-15-7-9-28-10-8-18(32)24(28)27(15,4)20(11-26(3,14-31)25(34)16(28)2)38-21(33)13-36-19-6-5-17-12-37-29(35)22(17)23(19)30/h5-6,15-16,20,24-25,31,34-35H,7-14H2,1-4H3/t15-,16+,20-,24+,25+,26+,27+,28+/m1/s1. The molecule has 3 N–H and O–H groups in total. The van der Waals surface area contributed by atoms with Crippen LogP contribution in [0.4, 0.5) is 4.39 Å². The Bertz CT molecular complexity index is 1130. The van der Waals surface area contributed by atoms with Gasteiger partial charge in [0.25, 0.3) is 0 Å². The number of fused-ring (bicyclic) bond motifs is 1. The number of ketones is 1. The number of rotatable bonds is 5. The van der Waals surface area contributed by atoms with Crippen molar-refractivity contribution in [2.75, 3.05) is 13.2 Å². The molecule has 5 rings (SSSR count). The number of ether oxygens (including phenoxy) is 2. The number of aliphatic hydroxyl groups excluding tert-OH is 2. The minimum atomic E-state index is -1.39. The molecule has 3 saturated carbocycles. The van der Waals surface area contributed by atoms with Crippen LogP contribution in [0.5, 0.6) is 5.75 Å². The van der Waals surface area contributed by atoms with E-state index in [-0.39, 0.29) is 54.4 Å². The van der Waals surface area contributed by atoms with Gasteiger partial charge in [0.05, 0.1) is 19.3 Å². The van der Waals surface area contributed by atoms with E-state index in [4.69, 9.17) is 14.1 Å². The number of Topliss-reactive ketones (excluding diaryl/α,β-unsaturated/α-hetero) is 1. The molecule has 1 aromatic rings. The molecule has 0 saturated heterocycles. The fraction of sp³-hybridized carbons (Fsp3) is 0.714. The van der Waals surface area contributed by atoms with Crippen molar-refractivity contribution in [1.82, 2.24) is 0 Å². The van der Waals surface area contributed by atoms with E-state index < -0.39 is 54.0 Å². The summed E-state index contributed by atoms with van der Waals surface area (Å²) in [5.74, 6) is -2.09. The highest BCUT2D eigenvalue weighted by molar-refractivity contribution is 6.61. The molecule has 38 heavy (non-hydrogen) atoms. The van der Waals surface area contributed by atoms with Gasteiger partial charge in [0, 0.05) is 28.6 Å². The second-order valence-electron chi connectivity index (χ2n) is 12.6. The molecule has 3 aliphatic carbocycles. The predicted molar refractivity (Wildman–Crippen MR) is 136 cm³/mol. The number of hydrogen-bond donors (Lipinski definition) is 3. The van der Waals surface area contributed by atoms with Crippen molar-refractivity contribution in [3.63, 3.8) is 0 Å². The van der Waals surface area contributed by atoms with Crippen LogP contribution < -0.4 is 10.2 Å². The molecule has 0 aromatic heterocycles. The Labute approximate surface area is 223 Å². The summed E-state index contributed by atoms with van der Waals surface area (Å²) >= 11 is 0. The first-order valence-electron chi connectivity index (χ1n) is 13.6. The van der Waals surface area contributed by atoms with Crippen LogP contribution in [-0.4, -0.2) is 59.5 Å². The van der Waals surface area contributed by atoms with E-state index >= 15 is 0 Å². The van der Waals surface area contributed by atoms with Crippen LogP contribution in [0.15, 0.2) is 12.1 Å². The minimum absolute atomic E-state index is 0.00247. The number of hydrogen-bond acceptors (Lipinski definition) is 8. The smallest absolute Gasteiger partial charge is 0.479 e. The number of halogens is 1. The summed E-state index contributed by atoms with van der Waals surface area (Å²) in [6.07, 6.45) is 1.27. The highest BCUT2D eigenvalue weighted by Gasteiger charge is 2.68.